The number of hydrogen-bond donors (Lipinski definition) is 2. The number of nitrogens with zero attached hydrogens (tertiary/aromatic N) is 3. The van der Waals surface area contributed by atoms with E-state index in [2.05, 4.69) is 18.8 Å². The summed E-state index contributed by atoms with van der Waals surface area (Å²) in [5.41, 5.74) is 3.32. The van der Waals surface area contributed by atoms with Crippen LogP contribution < -0.4 is 5.56 Å². The van der Waals surface area contributed by atoms with E-state index in [1.54, 1.807) is 27.9 Å². The molecular weight excluding hydrogens is 489 g/mol. The molecule has 1 saturated heterocycles. The third-order valence-corrected chi connectivity index (χ3v) is 9.34. The summed E-state index contributed by atoms with van der Waals surface area (Å²) in [5.74, 6) is 0.523. The van der Waals surface area contributed by atoms with Crippen molar-refractivity contribution < 1.29 is 18.3 Å². The van der Waals surface area contributed by atoms with Gasteiger partial charge in [-0.2, -0.15) is 13.2 Å². The van der Waals surface area contributed by atoms with E-state index in [0.29, 0.717) is 5.92 Å². The molecule has 0 amide bonds. The molecular formula is C26H33F3N4O2S. The molecule has 0 unspecified atom stereocenters. The number of β-amino-alcohol motifs (C(OH)–C–C–N with tert-alkyl or cyclic N) is 1. The Morgan fingerprint density at radius 2 is 1.81 bits per heavy atom. The summed E-state index contributed by atoms with van der Waals surface area (Å²) in [6.07, 6.45) is 0.705. The summed E-state index contributed by atoms with van der Waals surface area (Å²) in [5, 5.41) is 10.9. The first-order valence-corrected chi connectivity index (χ1v) is 13.3. The minimum Gasteiger partial charge on any atom is -0.378 e. The molecule has 6 nitrogen and oxygen atoms in total. The van der Waals surface area contributed by atoms with Gasteiger partial charge in [-0.15, -0.1) is 11.3 Å². The SMILES string of the molecule is Cc1c(-c2[nH]c3sc(C4CCC(N5CC(O)(C(F)(F)F)C5)CC4)nc3c2C(C)C)cn(C)c(=O)c1C. The Kier molecular flexibility index (Phi) is 6.16. The number of nitrogens with one attached hydrogen (secondary N) is 1. The smallest absolute Gasteiger partial charge is 0.378 e. The number of hydrogen-bond acceptors (Lipinski definition) is 5. The topological polar surface area (TPSA) is 74.2 Å². The van der Waals surface area contributed by atoms with Crippen molar-refractivity contribution in [3.63, 3.8) is 0 Å². The van der Waals surface area contributed by atoms with Crippen molar-refractivity contribution in [3.8, 4) is 11.3 Å². The summed E-state index contributed by atoms with van der Waals surface area (Å²) in [6.45, 7) is 7.49. The van der Waals surface area contributed by atoms with Crippen molar-refractivity contribution in [2.24, 2.45) is 7.05 Å². The van der Waals surface area contributed by atoms with Crippen molar-refractivity contribution in [2.75, 3.05) is 13.1 Å². The monoisotopic (exact) mass is 522 g/mol. The van der Waals surface area contributed by atoms with E-state index in [-0.39, 0.29) is 30.6 Å². The lowest BCUT2D eigenvalue weighted by atomic mass is 9.82. The predicted molar refractivity (Wildman–Crippen MR) is 136 cm³/mol. The maximum atomic E-state index is 13.0. The summed E-state index contributed by atoms with van der Waals surface area (Å²) >= 11 is 1.66. The standard InChI is InChI=1S/C26H33F3N4O2S/c1-13(2)19-20(18-10-32(5)24(34)15(4)14(18)3)30-23-21(19)31-22(36-23)16-6-8-17(9-7-16)33-11-25(35,12-33)26(27,28)29/h10,13,16-17,30,35H,6-9,11-12H2,1-5H3. The summed E-state index contributed by atoms with van der Waals surface area (Å²) in [4.78, 5) is 23.8. The number of pyridine rings is 1. The van der Waals surface area contributed by atoms with Crippen LogP contribution in [0.1, 0.15) is 73.1 Å². The molecule has 1 saturated carbocycles. The van der Waals surface area contributed by atoms with Crippen LogP contribution in [0.4, 0.5) is 13.2 Å². The lowest BCUT2D eigenvalue weighted by molar-refractivity contribution is -0.306. The van der Waals surface area contributed by atoms with Crippen LogP contribution in [0.25, 0.3) is 21.6 Å². The number of alkyl halides is 3. The Bertz CT molecular complexity index is 1360. The second kappa shape index (κ2) is 8.70. The quantitative estimate of drug-likeness (QED) is 0.484. The van der Waals surface area contributed by atoms with Gasteiger partial charge in [0.2, 0.25) is 0 Å². The van der Waals surface area contributed by atoms with Gasteiger partial charge in [0.25, 0.3) is 5.56 Å². The molecule has 3 aromatic heterocycles. The number of H-pyrrole nitrogens is 1. The highest BCUT2D eigenvalue weighted by Gasteiger charge is 2.61. The highest BCUT2D eigenvalue weighted by atomic mass is 32.1. The lowest BCUT2D eigenvalue weighted by Crippen LogP contribution is -2.71. The molecule has 2 fully saturated rings. The first-order chi connectivity index (χ1) is 16.8. The summed E-state index contributed by atoms with van der Waals surface area (Å²) in [6, 6.07) is 0.0856. The van der Waals surface area contributed by atoms with E-state index in [9.17, 15) is 23.1 Å². The summed E-state index contributed by atoms with van der Waals surface area (Å²) in [7, 11) is 1.77. The van der Waals surface area contributed by atoms with Crippen LogP contribution in [-0.4, -0.2) is 55.5 Å². The molecule has 0 bridgehead atoms. The highest BCUT2D eigenvalue weighted by Crippen LogP contribution is 2.45. The Morgan fingerprint density at radius 1 is 1.17 bits per heavy atom. The van der Waals surface area contributed by atoms with E-state index >= 15 is 0 Å². The molecule has 0 aromatic carbocycles. The second-order valence-electron chi connectivity index (χ2n) is 10.9. The zero-order valence-corrected chi connectivity index (χ0v) is 22.1. The number of halogens is 3. The van der Waals surface area contributed by atoms with Crippen LogP contribution >= 0.6 is 11.3 Å². The number of aromatic amines is 1. The average Bonchev–Trinajstić information content (AvgIpc) is 3.35. The third kappa shape index (κ3) is 4.01. The Morgan fingerprint density at radius 3 is 2.39 bits per heavy atom. The number of thiazole rings is 1. The van der Waals surface area contributed by atoms with Gasteiger partial charge in [0.15, 0.2) is 5.60 Å². The maximum Gasteiger partial charge on any atom is 0.419 e. The summed E-state index contributed by atoms with van der Waals surface area (Å²) < 4.78 is 40.6. The van der Waals surface area contributed by atoms with Crippen molar-refractivity contribution in [1.29, 1.82) is 0 Å². The molecule has 36 heavy (non-hydrogen) atoms. The van der Waals surface area contributed by atoms with Crippen molar-refractivity contribution in [1.82, 2.24) is 19.4 Å². The van der Waals surface area contributed by atoms with Gasteiger partial charge in [0, 0.05) is 55.0 Å². The molecule has 0 atom stereocenters. The van der Waals surface area contributed by atoms with Crippen LogP contribution in [0.15, 0.2) is 11.0 Å². The van der Waals surface area contributed by atoms with Gasteiger partial charge in [-0.3, -0.25) is 9.69 Å². The third-order valence-electron chi connectivity index (χ3n) is 8.20. The van der Waals surface area contributed by atoms with Crippen LogP contribution in [-0.2, 0) is 7.05 Å². The zero-order chi connectivity index (χ0) is 26.2. The number of likely N-dealkylation sites (tertiary alicyclic amines) is 1. The van der Waals surface area contributed by atoms with Crippen molar-refractivity contribution in [3.05, 3.63) is 38.2 Å². The number of rotatable bonds is 4. The Balaban J connectivity index is 1.36. The lowest BCUT2D eigenvalue weighted by Gasteiger charge is -2.51. The van der Waals surface area contributed by atoms with Crippen LogP contribution in [0.3, 0.4) is 0 Å². The van der Waals surface area contributed by atoms with Gasteiger partial charge in [0.05, 0.1) is 10.7 Å². The number of fused-ring (bicyclic) bond motifs is 1. The van der Waals surface area contributed by atoms with Crippen LogP contribution in [0.5, 0.6) is 0 Å². The second-order valence-corrected chi connectivity index (χ2v) is 12.0. The highest BCUT2D eigenvalue weighted by molar-refractivity contribution is 7.18. The van der Waals surface area contributed by atoms with E-state index in [1.165, 1.54) is 0 Å². The normalized spacial score (nSPS) is 22.9. The van der Waals surface area contributed by atoms with Gasteiger partial charge in [-0.25, -0.2) is 4.98 Å². The van der Waals surface area contributed by atoms with Gasteiger partial charge in [-0.05, 0) is 51.0 Å². The molecule has 10 heteroatoms. The molecule has 1 aliphatic carbocycles. The molecule has 5 rings (SSSR count). The average molecular weight is 523 g/mol. The Hall–Kier alpha value is -2.17. The molecule has 3 aromatic rings. The fourth-order valence-corrected chi connectivity index (χ4v) is 6.99. The van der Waals surface area contributed by atoms with E-state index in [4.69, 9.17) is 4.98 Å². The largest absolute Gasteiger partial charge is 0.419 e. The fourth-order valence-electron chi connectivity index (χ4n) is 5.83. The van der Waals surface area contributed by atoms with Crippen LogP contribution in [0.2, 0.25) is 0 Å². The first kappa shape index (κ1) is 25.5. The number of aryl methyl sites for hydroxylation is 1. The minimum absolute atomic E-state index is 0.00745. The van der Waals surface area contributed by atoms with Crippen LogP contribution in [0, 0.1) is 13.8 Å². The zero-order valence-electron chi connectivity index (χ0n) is 21.3. The van der Waals surface area contributed by atoms with E-state index in [1.807, 2.05) is 20.0 Å². The molecule has 4 heterocycles. The van der Waals surface area contributed by atoms with Crippen molar-refractivity contribution in [2.45, 2.75) is 83.0 Å². The van der Waals surface area contributed by atoms with Gasteiger partial charge in [0.1, 0.15) is 10.3 Å². The molecule has 0 radical (unpaired) electrons. The molecule has 2 N–H and O–H groups in total. The van der Waals surface area contributed by atoms with Gasteiger partial charge >= 0.3 is 6.18 Å². The predicted octanol–water partition coefficient (Wildman–Crippen LogP) is 5.37. The molecule has 0 spiro atoms. The minimum atomic E-state index is -4.57. The van der Waals surface area contributed by atoms with Gasteiger partial charge in [-0.1, -0.05) is 13.8 Å². The maximum absolute atomic E-state index is 13.0. The molecule has 1 aliphatic heterocycles. The van der Waals surface area contributed by atoms with Gasteiger partial charge < -0.3 is 14.7 Å². The number of aliphatic hydroxyl groups is 1. The fraction of sp³-hybridized carbons (Fsp3) is 0.615. The van der Waals surface area contributed by atoms with E-state index < -0.39 is 11.8 Å². The Labute approximate surface area is 212 Å². The molecule has 196 valence electrons. The molecule has 2 aliphatic rings. The number of aromatic nitrogens is 3. The van der Waals surface area contributed by atoms with E-state index in [0.717, 1.165) is 69.0 Å². The first-order valence-electron chi connectivity index (χ1n) is 12.5. The van der Waals surface area contributed by atoms with Crippen molar-refractivity contribution >= 4 is 21.7 Å².